The first-order chi connectivity index (χ1) is 12.4. The van der Waals surface area contributed by atoms with Crippen LogP contribution in [0.5, 0.6) is 0 Å². The highest BCUT2D eigenvalue weighted by Crippen LogP contribution is 2.29. The Labute approximate surface area is 159 Å². The van der Waals surface area contributed by atoms with Crippen LogP contribution in [0.1, 0.15) is 19.4 Å². The minimum absolute atomic E-state index is 0.0477. The predicted octanol–water partition coefficient (Wildman–Crippen LogP) is 3.32. The highest BCUT2D eigenvalue weighted by Gasteiger charge is 2.38. The van der Waals surface area contributed by atoms with Gasteiger partial charge in [-0.15, -0.1) is 11.8 Å². The van der Waals surface area contributed by atoms with Crippen molar-refractivity contribution in [1.82, 2.24) is 10.2 Å². The van der Waals surface area contributed by atoms with E-state index in [1.807, 2.05) is 44.2 Å². The molecule has 2 aromatic carbocycles. The molecule has 0 unspecified atom stereocenters. The zero-order valence-electron chi connectivity index (χ0n) is 15.4. The number of rotatable bonds is 4. The van der Waals surface area contributed by atoms with E-state index >= 15 is 0 Å². The number of amides is 2. The highest BCUT2D eigenvalue weighted by molar-refractivity contribution is 8.01. The van der Waals surface area contributed by atoms with Crippen LogP contribution in [0.15, 0.2) is 54.6 Å². The minimum atomic E-state index is -0.470. The molecule has 1 N–H and O–H groups in total. The number of thioether (sulfide) groups is 1. The van der Waals surface area contributed by atoms with Gasteiger partial charge in [-0.1, -0.05) is 54.6 Å². The van der Waals surface area contributed by atoms with Crippen LogP contribution in [0.25, 0.3) is 11.1 Å². The summed E-state index contributed by atoms with van der Waals surface area (Å²) in [6, 6.07) is 18.0. The van der Waals surface area contributed by atoms with Crippen molar-refractivity contribution in [2.24, 2.45) is 0 Å². The lowest BCUT2D eigenvalue weighted by Gasteiger charge is -2.34. The molecule has 4 nitrogen and oxygen atoms in total. The second-order valence-corrected chi connectivity index (χ2v) is 8.75. The first-order valence-electron chi connectivity index (χ1n) is 8.71. The molecule has 0 aromatic heterocycles. The summed E-state index contributed by atoms with van der Waals surface area (Å²) in [6.45, 7) is 4.28. The number of likely N-dealkylation sites (N-methyl/N-ethyl adjacent to an activating group) is 1. The van der Waals surface area contributed by atoms with Crippen molar-refractivity contribution in [3.05, 3.63) is 60.2 Å². The molecule has 5 heteroatoms. The summed E-state index contributed by atoms with van der Waals surface area (Å²) in [7, 11) is 1.78. The molecule has 0 saturated carbocycles. The number of nitrogens with zero attached hydrogens (tertiary/aromatic N) is 1. The average Bonchev–Trinajstić information content (AvgIpc) is 2.65. The van der Waals surface area contributed by atoms with Crippen LogP contribution in [-0.4, -0.2) is 40.3 Å². The Hall–Kier alpha value is -2.27. The molecule has 1 aliphatic heterocycles. The fraction of sp³-hybridized carbons (Fsp3) is 0.333. The van der Waals surface area contributed by atoms with Gasteiger partial charge in [-0.3, -0.25) is 9.59 Å². The van der Waals surface area contributed by atoms with Gasteiger partial charge in [-0.2, -0.15) is 0 Å². The fourth-order valence-corrected chi connectivity index (χ4v) is 3.91. The Morgan fingerprint density at radius 3 is 2.35 bits per heavy atom. The molecule has 0 radical (unpaired) electrons. The van der Waals surface area contributed by atoms with E-state index in [1.54, 1.807) is 11.9 Å². The van der Waals surface area contributed by atoms with E-state index in [1.165, 1.54) is 17.3 Å². The topological polar surface area (TPSA) is 49.4 Å². The van der Waals surface area contributed by atoms with E-state index in [-0.39, 0.29) is 11.8 Å². The van der Waals surface area contributed by atoms with Crippen LogP contribution >= 0.6 is 11.8 Å². The van der Waals surface area contributed by atoms with Crippen LogP contribution in [-0.2, 0) is 16.1 Å². The van der Waals surface area contributed by atoms with Gasteiger partial charge >= 0.3 is 0 Å². The summed E-state index contributed by atoms with van der Waals surface area (Å²) in [5.41, 5.74) is 3.39. The molecule has 0 spiro atoms. The van der Waals surface area contributed by atoms with Crippen LogP contribution in [0.2, 0.25) is 0 Å². The molecule has 1 heterocycles. The van der Waals surface area contributed by atoms with Gasteiger partial charge < -0.3 is 10.2 Å². The number of benzene rings is 2. The van der Waals surface area contributed by atoms with Gasteiger partial charge in [0, 0.05) is 19.3 Å². The molecule has 2 aromatic rings. The summed E-state index contributed by atoms with van der Waals surface area (Å²) < 4.78 is -0.470. The zero-order chi connectivity index (χ0) is 18.7. The Morgan fingerprint density at radius 2 is 1.73 bits per heavy atom. The third-order valence-corrected chi connectivity index (χ3v) is 6.03. The number of nitrogens with one attached hydrogen (secondary N) is 1. The summed E-state index contributed by atoms with van der Waals surface area (Å²) in [4.78, 5) is 26.4. The Balaban J connectivity index is 1.62. The number of hydrogen-bond donors (Lipinski definition) is 1. The zero-order valence-corrected chi connectivity index (χ0v) is 16.2. The predicted molar refractivity (Wildman–Crippen MR) is 107 cm³/mol. The first-order valence-corrected chi connectivity index (χ1v) is 9.69. The Bertz CT molecular complexity index is 787. The molecule has 0 bridgehead atoms. The number of hydrogen-bond acceptors (Lipinski definition) is 3. The lowest BCUT2D eigenvalue weighted by molar-refractivity contribution is -0.136. The average molecular weight is 369 g/mol. The number of carbonyl (C=O) groups excluding carboxylic acids is 2. The Kier molecular flexibility index (Phi) is 5.37. The third kappa shape index (κ3) is 4.10. The van der Waals surface area contributed by atoms with Gasteiger partial charge in [0.2, 0.25) is 11.8 Å². The highest BCUT2D eigenvalue weighted by atomic mass is 32.2. The van der Waals surface area contributed by atoms with Crippen molar-refractivity contribution in [2.75, 3.05) is 12.8 Å². The van der Waals surface area contributed by atoms with E-state index in [0.717, 1.165) is 11.1 Å². The summed E-state index contributed by atoms with van der Waals surface area (Å²) in [5.74, 6) is 0.482. The fourth-order valence-electron chi connectivity index (χ4n) is 2.91. The molecule has 2 amide bonds. The molecule has 1 fully saturated rings. The molecule has 26 heavy (non-hydrogen) atoms. The van der Waals surface area contributed by atoms with Crippen LogP contribution in [0, 0.1) is 0 Å². The molecule has 1 atom stereocenters. The van der Waals surface area contributed by atoms with E-state index in [2.05, 4.69) is 29.6 Å². The van der Waals surface area contributed by atoms with Crippen LogP contribution in [0.3, 0.4) is 0 Å². The first kappa shape index (κ1) is 18.5. The molecular formula is C21H24N2O2S. The minimum Gasteiger partial charge on any atom is -0.342 e. The van der Waals surface area contributed by atoms with Gasteiger partial charge in [-0.25, -0.2) is 0 Å². The van der Waals surface area contributed by atoms with Crippen molar-refractivity contribution >= 4 is 23.6 Å². The summed E-state index contributed by atoms with van der Waals surface area (Å²) in [5, 5.41) is 2.85. The van der Waals surface area contributed by atoms with Gasteiger partial charge in [0.1, 0.15) is 6.04 Å². The molecule has 136 valence electrons. The SMILES string of the molecule is CN(Cc1ccc(-c2ccccc2)cc1)C(=O)[C@@H]1CSC(C)(C)C(=O)N1. The summed E-state index contributed by atoms with van der Waals surface area (Å²) in [6.07, 6.45) is 0. The maximum atomic E-state index is 12.6. The van der Waals surface area contributed by atoms with Crippen molar-refractivity contribution in [3.8, 4) is 11.1 Å². The van der Waals surface area contributed by atoms with E-state index in [0.29, 0.717) is 12.3 Å². The quantitative estimate of drug-likeness (QED) is 0.901. The number of carbonyl (C=O) groups is 2. The van der Waals surface area contributed by atoms with Crippen LogP contribution < -0.4 is 5.32 Å². The van der Waals surface area contributed by atoms with E-state index in [4.69, 9.17) is 0 Å². The van der Waals surface area contributed by atoms with Gasteiger partial charge in [-0.05, 0) is 30.5 Å². The van der Waals surface area contributed by atoms with Gasteiger partial charge in [0.15, 0.2) is 0 Å². The monoisotopic (exact) mass is 368 g/mol. The smallest absolute Gasteiger partial charge is 0.246 e. The van der Waals surface area contributed by atoms with Gasteiger partial charge in [0.25, 0.3) is 0 Å². The van der Waals surface area contributed by atoms with Crippen molar-refractivity contribution in [3.63, 3.8) is 0 Å². The lowest BCUT2D eigenvalue weighted by atomic mass is 10.0. The van der Waals surface area contributed by atoms with Crippen molar-refractivity contribution < 1.29 is 9.59 Å². The van der Waals surface area contributed by atoms with E-state index < -0.39 is 10.8 Å². The van der Waals surface area contributed by atoms with Gasteiger partial charge in [0.05, 0.1) is 4.75 Å². The lowest BCUT2D eigenvalue weighted by Crippen LogP contribution is -2.57. The standard InChI is InChI=1S/C21H24N2O2S/c1-21(2)20(25)22-18(14-26-21)19(24)23(3)13-15-9-11-17(12-10-15)16-7-5-4-6-8-16/h4-12,18H,13-14H2,1-3H3,(H,22,25)/t18-/m0/s1. The second kappa shape index (κ2) is 7.54. The largest absolute Gasteiger partial charge is 0.342 e. The maximum Gasteiger partial charge on any atom is 0.246 e. The second-order valence-electron chi connectivity index (χ2n) is 7.10. The molecule has 1 aliphatic rings. The maximum absolute atomic E-state index is 12.6. The summed E-state index contributed by atoms with van der Waals surface area (Å²) >= 11 is 1.53. The van der Waals surface area contributed by atoms with Crippen molar-refractivity contribution in [1.29, 1.82) is 0 Å². The normalized spacial score (nSPS) is 18.9. The molecule has 1 saturated heterocycles. The van der Waals surface area contributed by atoms with E-state index in [9.17, 15) is 9.59 Å². The molecule has 3 rings (SSSR count). The third-order valence-electron chi connectivity index (χ3n) is 4.62. The molecule has 0 aliphatic carbocycles. The van der Waals surface area contributed by atoms with Crippen molar-refractivity contribution in [2.45, 2.75) is 31.2 Å². The Morgan fingerprint density at radius 1 is 1.12 bits per heavy atom. The molecular weight excluding hydrogens is 344 g/mol. The van der Waals surface area contributed by atoms with Crippen LogP contribution in [0.4, 0.5) is 0 Å².